The van der Waals surface area contributed by atoms with Gasteiger partial charge in [0.2, 0.25) is 5.91 Å². The molecule has 1 aromatic rings. The van der Waals surface area contributed by atoms with Crippen LogP contribution in [0.3, 0.4) is 0 Å². The molecule has 0 spiro atoms. The molecule has 0 saturated heterocycles. The fourth-order valence-electron chi connectivity index (χ4n) is 1.23. The summed E-state index contributed by atoms with van der Waals surface area (Å²) in [4.78, 5) is 12.1. The van der Waals surface area contributed by atoms with Gasteiger partial charge in [0.15, 0.2) is 0 Å². The van der Waals surface area contributed by atoms with Crippen LogP contribution in [0.2, 0.25) is 0 Å². The summed E-state index contributed by atoms with van der Waals surface area (Å²) in [7, 11) is 1.63. The van der Waals surface area contributed by atoms with E-state index in [4.69, 9.17) is 4.65 Å². The second-order valence-corrected chi connectivity index (χ2v) is 6.89. The number of anilines is 1. The van der Waals surface area contributed by atoms with Crippen LogP contribution in [0.25, 0.3) is 0 Å². The van der Waals surface area contributed by atoms with Crippen LogP contribution in [0.15, 0.2) is 6.07 Å². The van der Waals surface area contributed by atoms with Crippen molar-refractivity contribution in [3.05, 3.63) is 10.9 Å². The van der Waals surface area contributed by atoms with Crippen molar-refractivity contribution in [2.24, 2.45) is 0 Å². The first kappa shape index (κ1) is 16.2. The zero-order valence-corrected chi connectivity index (χ0v) is 13.1. The summed E-state index contributed by atoms with van der Waals surface area (Å²) in [5.74, 6) is -0.0924. The van der Waals surface area contributed by atoms with Gasteiger partial charge in [0, 0.05) is 16.6 Å². The minimum Gasteiger partial charge on any atom is -0.426 e. The molecule has 0 atom stereocenters. The molecule has 0 saturated carbocycles. The van der Waals surface area contributed by atoms with E-state index in [-0.39, 0.29) is 5.91 Å². The van der Waals surface area contributed by atoms with Crippen molar-refractivity contribution in [3.63, 3.8) is 0 Å². The molecule has 0 aliphatic heterocycles. The lowest BCUT2D eigenvalue weighted by Gasteiger charge is -2.37. The normalized spacial score (nSPS) is 12.4. The average Bonchev–Trinajstić information content (AvgIpc) is 2.54. The molecule has 0 aliphatic rings. The predicted octanol–water partition coefficient (Wildman–Crippen LogP) is 1.83. The van der Waals surface area contributed by atoms with Crippen LogP contribution in [0.1, 0.15) is 39.5 Å². The van der Waals surface area contributed by atoms with Crippen LogP contribution in [0.5, 0.6) is 0 Å². The van der Waals surface area contributed by atoms with Gasteiger partial charge in [-0.15, -0.1) is 0 Å². The fraction of sp³-hybridized carbons (Fsp3) is 0.615. The summed E-state index contributed by atoms with van der Waals surface area (Å²) in [5, 5.41) is 12.8. The van der Waals surface area contributed by atoms with Crippen LogP contribution >= 0.6 is 11.3 Å². The number of hydrogen-bond acceptors (Lipinski definition) is 4. The lowest BCUT2D eigenvalue weighted by Crippen LogP contribution is -2.49. The first-order chi connectivity index (χ1) is 8.53. The topological polar surface area (TPSA) is 58.6 Å². The van der Waals surface area contributed by atoms with Gasteiger partial charge in [-0.2, -0.15) is 11.3 Å². The molecule has 0 aliphatic carbocycles. The minimum absolute atomic E-state index is 0.0924. The van der Waals surface area contributed by atoms with Gasteiger partial charge in [-0.1, -0.05) is 0 Å². The van der Waals surface area contributed by atoms with E-state index in [1.807, 2.05) is 26.8 Å². The van der Waals surface area contributed by atoms with Crippen LogP contribution in [0, 0.1) is 6.92 Å². The van der Waals surface area contributed by atoms with Gasteiger partial charge in [-0.25, -0.2) is 0 Å². The number of carbonyl (C=O) groups excluding carboxylic acids is 1. The molecule has 1 radical (unpaired) electrons. The summed E-state index contributed by atoms with van der Waals surface area (Å²) in [6.07, 6.45) is 0. The quantitative estimate of drug-likeness (QED) is 0.810. The van der Waals surface area contributed by atoms with E-state index in [1.165, 1.54) is 18.3 Å². The molecular weight excluding hydrogens is 261 g/mol. The van der Waals surface area contributed by atoms with E-state index in [0.717, 1.165) is 15.3 Å². The Labute approximate surface area is 119 Å². The van der Waals surface area contributed by atoms with E-state index < -0.39 is 11.2 Å². The first-order valence-electron chi connectivity index (χ1n) is 6.14. The molecule has 105 valence electrons. The van der Waals surface area contributed by atoms with Crippen molar-refractivity contribution in [1.82, 2.24) is 0 Å². The number of nitrogens with one attached hydrogen (secondary N) is 1. The van der Waals surface area contributed by atoms with Crippen LogP contribution in [-0.2, 0) is 9.45 Å². The summed E-state index contributed by atoms with van der Waals surface area (Å²) >= 11 is 1.53. The van der Waals surface area contributed by atoms with Crippen LogP contribution < -0.4 is 10.1 Å². The Morgan fingerprint density at radius 2 is 2.00 bits per heavy atom. The standard InChI is InChI=1S/C13H21BNO3S/c1-8-10(15-9(2)16)7-11(19-8)14-18-13(5,6)12(3,4)17/h7,17H,1-6H3,(H,15,16). The molecular formula is C13H21BNO3S. The predicted molar refractivity (Wildman–Crippen MR) is 80.2 cm³/mol. The van der Waals surface area contributed by atoms with Gasteiger partial charge in [0.1, 0.15) is 0 Å². The second kappa shape index (κ2) is 5.65. The van der Waals surface area contributed by atoms with Crippen molar-refractivity contribution >= 4 is 35.2 Å². The van der Waals surface area contributed by atoms with Crippen LogP contribution in [-0.4, -0.2) is 29.7 Å². The maximum absolute atomic E-state index is 11.0. The molecule has 1 heterocycles. The number of hydrogen-bond donors (Lipinski definition) is 2. The Kier molecular flexibility index (Phi) is 4.82. The lowest BCUT2D eigenvalue weighted by molar-refractivity contribution is -0.114. The second-order valence-electron chi connectivity index (χ2n) is 5.60. The maximum atomic E-state index is 11.0. The van der Waals surface area contributed by atoms with E-state index in [0.29, 0.717) is 0 Å². The highest BCUT2D eigenvalue weighted by Gasteiger charge is 2.35. The third-order valence-corrected chi connectivity index (χ3v) is 4.17. The molecule has 0 bridgehead atoms. The summed E-state index contributed by atoms with van der Waals surface area (Å²) in [6.45, 7) is 10.5. The van der Waals surface area contributed by atoms with Crippen LogP contribution in [0.4, 0.5) is 5.69 Å². The summed E-state index contributed by atoms with van der Waals surface area (Å²) in [6, 6.07) is 1.86. The molecule has 1 amide bonds. The van der Waals surface area contributed by atoms with Gasteiger partial charge in [-0.05, 0) is 40.7 Å². The molecule has 4 nitrogen and oxygen atoms in total. The van der Waals surface area contributed by atoms with Gasteiger partial charge in [0.25, 0.3) is 0 Å². The number of aryl methyl sites for hydroxylation is 1. The van der Waals surface area contributed by atoms with E-state index in [1.54, 1.807) is 21.3 Å². The summed E-state index contributed by atoms with van der Waals surface area (Å²) in [5.41, 5.74) is -0.844. The highest BCUT2D eigenvalue weighted by atomic mass is 32.1. The number of rotatable bonds is 5. The molecule has 0 aromatic carbocycles. The van der Waals surface area contributed by atoms with Crippen molar-refractivity contribution in [2.45, 2.75) is 52.7 Å². The zero-order chi connectivity index (χ0) is 14.8. The van der Waals surface area contributed by atoms with Gasteiger partial charge >= 0.3 is 7.48 Å². The van der Waals surface area contributed by atoms with Crippen molar-refractivity contribution in [1.29, 1.82) is 0 Å². The molecule has 1 rings (SSSR count). The number of aliphatic hydroxyl groups is 1. The van der Waals surface area contributed by atoms with Crippen molar-refractivity contribution in [2.75, 3.05) is 5.32 Å². The molecule has 0 fully saturated rings. The fourth-order valence-corrected chi connectivity index (χ4v) is 2.07. The van der Waals surface area contributed by atoms with Gasteiger partial charge in [-0.3, -0.25) is 4.79 Å². The highest BCUT2D eigenvalue weighted by molar-refractivity contribution is 7.21. The molecule has 6 heteroatoms. The smallest absolute Gasteiger partial charge is 0.341 e. The Hall–Kier alpha value is -0.845. The Balaban J connectivity index is 2.72. The van der Waals surface area contributed by atoms with E-state index in [9.17, 15) is 9.90 Å². The monoisotopic (exact) mass is 282 g/mol. The third kappa shape index (κ3) is 4.33. The maximum Gasteiger partial charge on any atom is 0.341 e. The molecule has 19 heavy (non-hydrogen) atoms. The number of thiophene rings is 1. The molecule has 0 unspecified atom stereocenters. The number of amides is 1. The van der Waals surface area contributed by atoms with Gasteiger partial charge < -0.3 is 15.1 Å². The largest absolute Gasteiger partial charge is 0.426 e. The van der Waals surface area contributed by atoms with E-state index in [2.05, 4.69) is 5.32 Å². The number of carbonyl (C=O) groups is 1. The molecule has 2 N–H and O–H groups in total. The SMILES string of the molecule is CC(=O)Nc1cc([B]OC(C)(C)C(C)(C)O)sc1C. The van der Waals surface area contributed by atoms with Gasteiger partial charge in [0.05, 0.1) is 16.9 Å². The highest BCUT2D eigenvalue weighted by Crippen LogP contribution is 2.25. The Bertz CT molecular complexity index is 463. The summed E-state index contributed by atoms with van der Waals surface area (Å²) < 4.78 is 6.58. The van der Waals surface area contributed by atoms with Crippen molar-refractivity contribution in [3.8, 4) is 0 Å². The Morgan fingerprint density at radius 3 is 2.47 bits per heavy atom. The van der Waals surface area contributed by atoms with Crippen molar-refractivity contribution < 1.29 is 14.6 Å². The average molecular weight is 282 g/mol. The minimum atomic E-state index is -0.948. The third-order valence-electron chi connectivity index (χ3n) is 3.19. The lowest BCUT2D eigenvalue weighted by atomic mass is 9.86. The first-order valence-corrected chi connectivity index (χ1v) is 6.96. The van der Waals surface area contributed by atoms with E-state index >= 15 is 0 Å². The zero-order valence-electron chi connectivity index (χ0n) is 12.3. The molecule has 1 aromatic heterocycles. The Morgan fingerprint density at radius 1 is 1.42 bits per heavy atom.